The molecule has 0 aromatic carbocycles. The van der Waals surface area contributed by atoms with E-state index < -0.39 is 11.7 Å². The summed E-state index contributed by atoms with van der Waals surface area (Å²) in [5.41, 5.74) is -0.526. The molecule has 0 saturated heterocycles. The summed E-state index contributed by atoms with van der Waals surface area (Å²) in [6, 6.07) is -0.199. The first kappa shape index (κ1) is 13.2. The van der Waals surface area contributed by atoms with E-state index in [-0.39, 0.29) is 6.04 Å². The smallest absolute Gasteiger partial charge is 0.424 e. The van der Waals surface area contributed by atoms with Gasteiger partial charge >= 0.3 is 6.09 Å². The molecule has 2 N–H and O–H groups in total. The summed E-state index contributed by atoms with van der Waals surface area (Å²) < 4.78 is 9.95. The van der Waals surface area contributed by atoms with Crippen LogP contribution in [0.15, 0.2) is 0 Å². The fourth-order valence-corrected chi connectivity index (χ4v) is 0.816. The van der Waals surface area contributed by atoms with Crippen LogP contribution in [0.4, 0.5) is 4.79 Å². The van der Waals surface area contributed by atoms with E-state index in [4.69, 9.17) is 15.3 Å². The molecule has 14 heavy (non-hydrogen) atoms. The van der Waals surface area contributed by atoms with Gasteiger partial charge in [-0.05, 0) is 27.7 Å². The molecular weight excluding hydrogens is 184 g/mol. The molecule has 5 nitrogen and oxygen atoms in total. The van der Waals surface area contributed by atoms with E-state index in [9.17, 15) is 4.79 Å². The maximum atomic E-state index is 11.4. The first-order valence-corrected chi connectivity index (χ1v) is 4.53. The Hall–Kier alpha value is -0.810. The zero-order chi connectivity index (χ0) is 11.4. The summed E-state index contributed by atoms with van der Waals surface area (Å²) >= 11 is 0. The lowest BCUT2D eigenvalue weighted by Crippen LogP contribution is -2.48. The zero-order valence-electron chi connectivity index (χ0n) is 9.53. The molecule has 0 aliphatic carbocycles. The van der Waals surface area contributed by atoms with Gasteiger partial charge in [0.05, 0.1) is 12.6 Å². The first-order valence-electron chi connectivity index (χ1n) is 4.53. The number of carbonyl (C=O) groups is 1. The van der Waals surface area contributed by atoms with E-state index in [1.807, 2.05) is 0 Å². The van der Waals surface area contributed by atoms with Gasteiger partial charge in [0.15, 0.2) is 0 Å². The Bertz CT molecular complexity index is 189. The molecule has 84 valence electrons. The number of ether oxygens (including phenoxy) is 2. The van der Waals surface area contributed by atoms with Crippen molar-refractivity contribution < 1.29 is 14.3 Å². The molecule has 0 saturated carbocycles. The summed E-state index contributed by atoms with van der Waals surface area (Å²) in [5.74, 6) is 5.53. The number of amides is 1. The van der Waals surface area contributed by atoms with Gasteiger partial charge in [0.1, 0.15) is 5.60 Å². The second-order valence-electron chi connectivity index (χ2n) is 4.19. The van der Waals surface area contributed by atoms with Gasteiger partial charge in [0, 0.05) is 7.11 Å². The third-order valence-corrected chi connectivity index (χ3v) is 1.49. The van der Waals surface area contributed by atoms with Crippen molar-refractivity contribution in [2.75, 3.05) is 13.7 Å². The summed E-state index contributed by atoms with van der Waals surface area (Å²) in [6.07, 6.45) is -0.540. The third kappa shape index (κ3) is 5.04. The van der Waals surface area contributed by atoms with Gasteiger partial charge in [-0.2, -0.15) is 0 Å². The van der Waals surface area contributed by atoms with Crippen molar-refractivity contribution in [2.24, 2.45) is 5.84 Å². The molecule has 0 aromatic heterocycles. The fourth-order valence-electron chi connectivity index (χ4n) is 0.816. The molecule has 0 aromatic rings. The molecule has 5 heteroatoms. The zero-order valence-corrected chi connectivity index (χ0v) is 9.53. The number of methoxy groups -OCH3 is 1. The molecule has 1 atom stereocenters. The van der Waals surface area contributed by atoms with Crippen molar-refractivity contribution in [3.63, 3.8) is 0 Å². The Labute approximate surface area is 85.1 Å². The van der Waals surface area contributed by atoms with E-state index in [1.54, 1.807) is 34.8 Å². The number of hydrazine groups is 1. The monoisotopic (exact) mass is 204 g/mol. The molecule has 0 bridgehead atoms. The molecule has 0 aliphatic rings. The van der Waals surface area contributed by atoms with Crippen LogP contribution in [0.1, 0.15) is 27.7 Å². The van der Waals surface area contributed by atoms with Crippen molar-refractivity contribution in [2.45, 2.75) is 39.3 Å². The molecule has 0 radical (unpaired) electrons. The van der Waals surface area contributed by atoms with Gasteiger partial charge in [-0.3, -0.25) is 0 Å². The number of nitrogens with two attached hydrogens (primary N) is 1. The van der Waals surface area contributed by atoms with E-state index in [1.165, 1.54) is 0 Å². The van der Waals surface area contributed by atoms with Crippen molar-refractivity contribution in [3.05, 3.63) is 0 Å². The molecule has 0 heterocycles. The molecule has 0 fully saturated rings. The van der Waals surface area contributed by atoms with Crippen LogP contribution in [0.2, 0.25) is 0 Å². The largest absolute Gasteiger partial charge is 0.443 e. The second kappa shape index (κ2) is 5.17. The maximum Gasteiger partial charge on any atom is 0.424 e. The predicted molar refractivity (Wildman–Crippen MR) is 53.6 cm³/mol. The van der Waals surface area contributed by atoms with E-state index in [0.717, 1.165) is 5.01 Å². The van der Waals surface area contributed by atoms with Crippen molar-refractivity contribution in [3.8, 4) is 0 Å². The molecule has 0 spiro atoms. The van der Waals surface area contributed by atoms with Gasteiger partial charge < -0.3 is 9.47 Å². The van der Waals surface area contributed by atoms with Crippen molar-refractivity contribution >= 4 is 6.09 Å². The SMILES string of the molecule is COC[C@H](C)N(N)C(=O)OC(C)(C)C. The standard InChI is InChI=1S/C9H20N2O3/c1-7(6-13-5)11(10)8(12)14-9(2,3)4/h7H,6,10H2,1-5H3/t7-/m0/s1. The van der Waals surface area contributed by atoms with Crippen LogP contribution in [0, 0.1) is 0 Å². The summed E-state index contributed by atoms with van der Waals surface area (Å²) in [6.45, 7) is 7.54. The van der Waals surface area contributed by atoms with Gasteiger partial charge in [-0.1, -0.05) is 0 Å². The van der Waals surface area contributed by atoms with E-state index >= 15 is 0 Å². The highest BCUT2D eigenvalue weighted by atomic mass is 16.6. The number of nitrogens with zero attached hydrogens (tertiary/aromatic N) is 1. The van der Waals surface area contributed by atoms with Crippen LogP contribution < -0.4 is 5.84 Å². The highest BCUT2D eigenvalue weighted by Crippen LogP contribution is 2.09. The lowest BCUT2D eigenvalue weighted by molar-refractivity contribution is 0.00816. The minimum absolute atomic E-state index is 0.199. The highest BCUT2D eigenvalue weighted by Gasteiger charge is 2.23. The van der Waals surface area contributed by atoms with Crippen LogP contribution in [0.5, 0.6) is 0 Å². The van der Waals surface area contributed by atoms with Crippen LogP contribution in [0.3, 0.4) is 0 Å². The summed E-state index contributed by atoms with van der Waals surface area (Å²) in [5, 5.41) is 1.04. The lowest BCUT2D eigenvalue weighted by atomic mass is 10.2. The first-order chi connectivity index (χ1) is 6.28. The Balaban J connectivity index is 4.12. The fraction of sp³-hybridized carbons (Fsp3) is 0.889. The van der Waals surface area contributed by atoms with Crippen LogP contribution in [-0.2, 0) is 9.47 Å². The quantitative estimate of drug-likeness (QED) is 0.425. The van der Waals surface area contributed by atoms with E-state index in [2.05, 4.69) is 0 Å². The third-order valence-electron chi connectivity index (χ3n) is 1.49. The topological polar surface area (TPSA) is 64.8 Å². The van der Waals surface area contributed by atoms with Gasteiger partial charge in [0.25, 0.3) is 0 Å². The Kier molecular flexibility index (Phi) is 4.87. The van der Waals surface area contributed by atoms with E-state index in [0.29, 0.717) is 6.61 Å². The van der Waals surface area contributed by atoms with Crippen LogP contribution in [-0.4, -0.2) is 36.5 Å². The lowest BCUT2D eigenvalue weighted by Gasteiger charge is -2.27. The maximum absolute atomic E-state index is 11.4. The molecule has 0 unspecified atom stereocenters. The number of hydrogen-bond donors (Lipinski definition) is 1. The number of rotatable bonds is 3. The van der Waals surface area contributed by atoms with Gasteiger partial charge in [-0.15, -0.1) is 0 Å². The van der Waals surface area contributed by atoms with Crippen molar-refractivity contribution in [1.29, 1.82) is 0 Å². The average molecular weight is 204 g/mol. The highest BCUT2D eigenvalue weighted by molar-refractivity contribution is 5.67. The Morgan fingerprint density at radius 2 is 2.00 bits per heavy atom. The van der Waals surface area contributed by atoms with Gasteiger partial charge in [-0.25, -0.2) is 15.6 Å². The molecule has 0 aliphatic heterocycles. The normalized spacial score (nSPS) is 13.6. The minimum atomic E-state index is -0.540. The molecule has 0 rings (SSSR count). The average Bonchev–Trinajstić information content (AvgIpc) is 2.00. The molecular formula is C9H20N2O3. The minimum Gasteiger partial charge on any atom is -0.443 e. The van der Waals surface area contributed by atoms with Crippen LogP contribution >= 0.6 is 0 Å². The summed E-state index contributed by atoms with van der Waals surface area (Å²) in [4.78, 5) is 11.4. The predicted octanol–water partition coefficient (Wildman–Crippen LogP) is 1.13. The Morgan fingerprint density at radius 3 is 2.36 bits per heavy atom. The molecule has 1 amide bonds. The summed E-state index contributed by atoms with van der Waals surface area (Å²) in [7, 11) is 1.55. The van der Waals surface area contributed by atoms with Crippen molar-refractivity contribution in [1.82, 2.24) is 5.01 Å². The Morgan fingerprint density at radius 1 is 1.50 bits per heavy atom. The van der Waals surface area contributed by atoms with Gasteiger partial charge in [0.2, 0.25) is 0 Å². The number of carbonyl (C=O) groups excluding carboxylic acids is 1. The van der Waals surface area contributed by atoms with Crippen LogP contribution in [0.25, 0.3) is 0 Å². The number of hydrogen-bond acceptors (Lipinski definition) is 4. The second-order valence-corrected chi connectivity index (χ2v) is 4.19.